The van der Waals surface area contributed by atoms with E-state index in [-0.39, 0.29) is 5.75 Å². The first-order chi connectivity index (χ1) is 13.7. The SMILES string of the molecule is Cc1nccc2c1[nH]c1cc(O)ccc12.c1ccc2c(c1)[nH]c1cnccc12. The third-order valence-corrected chi connectivity index (χ3v) is 5.00. The molecule has 0 saturated heterocycles. The predicted molar refractivity (Wildman–Crippen MR) is 114 cm³/mol. The maximum absolute atomic E-state index is 9.39. The summed E-state index contributed by atoms with van der Waals surface area (Å²) in [5, 5.41) is 14.2. The van der Waals surface area contributed by atoms with Crippen LogP contribution in [0.5, 0.6) is 5.75 Å². The molecule has 0 fully saturated rings. The second-order valence-electron chi connectivity index (χ2n) is 6.77. The number of hydrogen-bond acceptors (Lipinski definition) is 3. The highest BCUT2D eigenvalue weighted by Gasteiger charge is 2.06. The Bertz CT molecular complexity index is 1390. The molecule has 0 aliphatic carbocycles. The number of aromatic hydroxyl groups is 1. The van der Waals surface area contributed by atoms with E-state index in [4.69, 9.17) is 0 Å². The van der Waals surface area contributed by atoms with Gasteiger partial charge in [-0.2, -0.15) is 0 Å². The van der Waals surface area contributed by atoms with Crippen molar-refractivity contribution >= 4 is 43.6 Å². The van der Waals surface area contributed by atoms with Crippen LogP contribution in [0, 0.1) is 6.92 Å². The molecule has 0 atom stereocenters. The molecule has 136 valence electrons. The van der Waals surface area contributed by atoms with Gasteiger partial charge in [0.25, 0.3) is 0 Å². The Kier molecular flexibility index (Phi) is 3.72. The lowest BCUT2D eigenvalue weighted by Gasteiger charge is -1.93. The van der Waals surface area contributed by atoms with Gasteiger partial charge >= 0.3 is 0 Å². The van der Waals surface area contributed by atoms with Gasteiger partial charge in [0.1, 0.15) is 5.75 Å². The van der Waals surface area contributed by atoms with Crippen LogP contribution in [0.1, 0.15) is 5.69 Å². The van der Waals surface area contributed by atoms with E-state index in [0.29, 0.717) is 0 Å². The number of phenolic OH excluding ortho intramolecular Hbond substituents is 1. The van der Waals surface area contributed by atoms with Crippen LogP contribution in [0.15, 0.2) is 73.2 Å². The molecule has 2 aromatic carbocycles. The van der Waals surface area contributed by atoms with Gasteiger partial charge in [0, 0.05) is 45.5 Å². The van der Waals surface area contributed by atoms with Crippen molar-refractivity contribution in [1.82, 2.24) is 19.9 Å². The lowest BCUT2D eigenvalue weighted by molar-refractivity contribution is 0.476. The monoisotopic (exact) mass is 366 g/mol. The molecule has 28 heavy (non-hydrogen) atoms. The number of aryl methyl sites for hydroxylation is 1. The molecular formula is C23H18N4O. The van der Waals surface area contributed by atoms with Gasteiger partial charge in [-0.15, -0.1) is 0 Å². The zero-order chi connectivity index (χ0) is 19.1. The van der Waals surface area contributed by atoms with E-state index in [1.165, 1.54) is 16.3 Å². The van der Waals surface area contributed by atoms with E-state index in [2.05, 4.69) is 38.1 Å². The molecule has 0 saturated carbocycles. The summed E-state index contributed by atoms with van der Waals surface area (Å²) in [7, 11) is 0. The van der Waals surface area contributed by atoms with Crippen molar-refractivity contribution in [2.45, 2.75) is 6.92 Å². The van der Waals surface area contributed by atoms with Crippen molar-refractivity contribution in [3.63, 3.8) is 0 Å². The van der Waals surface area contributed by atoms with Crippen molar-refractivity contribution in [2.75, 3.05) is 0 Å². The second-order valence-corrected chi connectivity index (χ2v) is 6.77. The van der Waals surface area contributed by atoms with Gasteiger partial charge in [-0.05, 0) is 37.3 Å². The maximum Gasteiger partial charge on any atom is 0.117 e. The van der Waals surface area contributed by atoms with Gasteiger partial charge in [0.05, 0.1) is 28.4 Å². The summed E-state index contributed by atoms with van der Waals surface area (Å²) in [4.78, 5) is 14.9. The van der Waals surface area contributed by atoms with Crippen molar-refractivity contribution in [3.05, 3.63) is 78.9 Å². The normalized spacial score (nSPS) is 11.2. The zero-order valence-corrected chi connectivity index (χ0v) is 15.3. The summed E-state index contributed by atoms with van der Waals surface area (Å²) < 4.78 is 0. The van der Waals surface area contributed by atoms with Crippen molar-refractivity contribution < 1.29 is 5.11 Å². The summed E-state index contributed by atoms with van der Waals surface area (Å²) in [6.45, 7) is 1.97. The molecule has 0 radical (unpaired) electrons. The van der Waals surface area contributed by atoms with Gasteiger partial charge < -0.3 is 15.1 Å². The third kappa shape index (κ3) is 2.65. The lowest BCUT2D eigenvalue weighted by Crippen LogP contribution is -1.79. The molecule has 3 N–H and O–H groups in total. The number of H-pyrrole nitrogens is 2. The van der Waals surface area contributed by atoms with Crippen molar-refractivity contribution in [1.29, 1.82) is 0 Å². The lowest BCUT2D eigenvalue weighted by atomic mass is 10.1. The number of aromatic amines is 2. The Hall–Kier alpha value is -3.86. The first-order valence-electron chi connectivity index (χ1n) is 9.07. The molecule has 0 spiro atoms. The number of hydrogen-bond donors (Lipinski definition) is 3. The van der Waals surface area contributed by atoms with Crippen molar-refractivity contribution in [3.8, 4) is 5.75 Å². The molecule has 4 heterocycles. The molecule has 5 nitrogen and oxygen atoms in total. The standard InChI is InChI=1S/C12H10N2O.C11H8N2/c1-7-12-10(4-5-13-7)9-3-2-8(15)6-11(9)14-12;1-2-4-10-8(3-1)9-5-6-12-7-11(9)13-10/h2-6,14-15H,1H3;1-7,13H. The minimum atomic E-state index is 0.277. The second kappa shape index (κ2) is 6.39. The zero-order valence-electron chi connectivity index (χ0n) is 15.3. The van der Waals surface area contributed by atoms with Crippen LogP contribution < -0.4 is 0 Å². The molecule has 6 aromatic rings. The Morgan fingerprint density at radius 2 is 1.54 bits per heavy atom. The summed E-state index contributed by atoms with van der Waals surface area (Å²) in [5.74, 6) is 0.277. The van der Waals surface area contributed by atoms with E-state index in [0.717, 1.165) is 33.0 Å². The van der Waals surface area contributed by atoms with Crippen molar-refractivity contribution in [2.24, 2.45) is 0 Å². The number of nitrogens with zero attached hydrogens (tertiary/aromatic N) is 2. The minimum absolute atomic E-state index is 0.277. The number of pyridine rings is 2. The molecule has 0 aliphatic rings. The Labute approximate surface area is 160 Å². The molecular weight excluding hydrogens is 348 g/mol. The van der Waals surface area contributed by atoms with Crippen LogP contribution in [-0.4, -0.2) is 25.0 Å². The first kappa shape index (κ1) is 16.3. The summed E-state index contributed by atoms with van der Waals surface area (Å²) in [5.41, 5.74) is 5.23. The van der Waals surface area contributed by atoms with Gasteiger partial charge in [-0.1, -0.05) is 18.2 Å². The number of phenols is 1. The van der Waals surface area contributed by atoms with E-state index in [1.807, 2.05) is 43.6 Å². The largest absolute Gasteiger partial charge is 0.508 e. The van der Waals surface area contributed by atoms with Crippen LogP contribution in [0.25, 0.3) is 43.6 Å². The first-order valence-corrected chi connectivity index (χ1v) is 9.07. The van der Waals surface area contributed by atoms with Crippen LogP contribution in [0.2, 0.25) is 0 Å². The number of rotatable bonds is 0. The van der Waals surface area contributed by atoms with E-state index < -0.39 is 0 Å². The molecule has 4 aromatic heterocycles. The average Bonchev–Trinajstić information content (AvgIpc) is 3.27. The Morgan fingerprint density at radius 1 is 0.750 bits per heavy atom. The molecule has 6 rings (SSSR count). The van der Waals surface area contributed by atoms with E-state index in [9.17, 15) is 5.11 Å². The topological polar surface area (TPSA) is 77.6 Å². The van der Waals surface area contributed by atoms with Crippen LogP contribution >= 0.6 is 0 Å². The Balaban J connectivity index is 0.000000123. The highest BCUT2D eigenvalue weighted by atomic mass is 16.3. The predicted octanol–water partition coefficient (Wildman–Crippen LogP) is 5.45. The average molecular weight is 366 g/mol. The molecule has 5 heteroatoms. The summed E-state index contributed by atoms with van der Waals surface area (Å²) in [6, 6.07) is 17.7. The maximum atomic E-state index is 9.39. The number of aromatic nitrogens is 4. The fraction of sp³-hybridized carbons (Fsp3) is 0.0435. The third-order valence-electron chi connectivity index (χ3n) is 5.00. The highest BCUT2D eigenvalue weighted by Crippen LogP contribution is 2.28. The molecule has 0 bridgehead atoms. The van der Waals surface area contributed by atoms with Gasteiger partial charge in [-0.3, -0.25) is 9.97 Å². The highest BCUT2D eigenvalue weighted by molar-refractivity contribution is 6.08. The molecule has 0 amide bonds. The number of para-hydroxylation sites is 1. The van der Waals surface area contributed by atoms with Gasteiger partial charge in [-0.25, -0.2) is 0 Å². The fourth-order valence-electron chi connectivity index (χ4n) is 3.65. The quantitative estimate of drug-likeness (QED) is 0.335. The Morgan fingerprint density at radius 3 is 2.46 bits per heavy atom. The summed E-state index contributed by atoms with van der Waals surface area (Å²) in [6.07, 6.45) is 5.48. The van der Waals surface area contributed by atoms with Crippen LogP contribution in [0.3, 0.4) is 0 Å². The van der Waals surface area contributed by atoms with E-state index in [1.54, 1.807) is 18.3 Å². The number of benzene rings is 2. The number of nitrogens with one attached hydrogen (secondary N) is 2. The van der Waals surface area contributed by atoms with E-state index >= 15 is 0 Å². The van der Waals surface area contributed by atoms with Gasteiger partial charge in [0.15, 0.2) is 0 Å². The smallest absolute Gasteiger partial charge is 0.117 e. The van der Waals surface area contributed by atoms with Crippen LogP contribution in [-0.2, 0) is 0 Å². The van der Waals surface area contributed by atoms with Crippen LogP contribution in [0.4, 0.5) is 0 Å². The summed E-state index contributed by atoms with van der Waals surface area (Å²) >= 11 is 0. The minimum Gasteiger partial charge on any atom is -0.508 e. The van der Waals surface area contributed by atoms with Gasteiger partial charge in [0.2, 0.25) is 0 Å². The number of fused-ring (bicyclic) bond motifs is 6. The molecule has 0 unspecified atom stereocenters. The fourth-order valence-corrected chi connectivity index (χ4v) is 3.65. The molecule has 0 aliphatic heterocycles.